The number of carbonyl (C=O) groups excluding carboxylic acids is 1. The lowest BCUT2D eigenvalue weighted by atomic mass is 10.2. The average molecular weight is 349 g/mol. The lowest BCUT2D eigenvalue weighted by Gasteiger charge is -2.33. The molecule has 0 spiro atoms. The molecule has 11 nitrogen and oxygen atoms in total. The maximum absolute atomic E-state index is 11.5. The Hall–Kier alpha value is -1.76. The van der Waals surface area contributed by atoms with Crippen molar-refractivity contribution in [3.8, 4) is 0 Å². The molecule has 2 aliphatic rings. The Kier molecular flexibility index (Phi) is 5.51. The molecule has 3 N–H and O–H groups in total. The van der Waals surface area contributed by atoms with E-state index in [1.165, 1.54) is 0 Å². The summed E-state index contributed by atoms with van der Waals surface area (Å²) in [6.07, 6.45) is 0.230. The molecule has 0 aliphatic carbocycles. The van der Waals surface area contributed by atoms with E-state index in [1.807, 2.05) is 4.90 Å². The highest BCUT2D eigenvalue weighted by Crippen LogP contribution is 2.18. The molecule has 0 aromatic carbocycles. The third-order valence-electron chi connectivity index (χ3n) is 3.22. The number of carbonyl (C=O) groups is 1. The van der Waals surface area contributed by atoms with E-state index in [-0.39, 0.29) is 19.0 Å². The summed E-state index contributed by atoms with van der Waals surface area (Å²) >= 11 is 0. The number of likely N-dealkylation sites (tertiary alicyclic amines) is 1. The Bertz CT molecular complexity index is 612. The molecule has 0 aromatic heterocycles. The van der Waals surface area contributed by atoms with Gasteiger partial charge in [0.05, 0.1) is 6.61 Å². The number of hydrogen-bond donors (Lipinski definition) is 2. The molecule has 0 aromatic rings. The van der Waals surface area contributed by atoms with Crippen LogP contribution in [0.4, 0.5) is 4.79 Å². The zero-order valence-corrected chi connectivity index (χ0v) is 13.4. The number of guanidine groups is 1. The summed E-state index contributed by atoms with van der Waals surface area (Å²) in [6.45, 7) is 3.26. The second kappa shape index (κ2) is 7.21. The first-order valence-corrected chi connectivity index (χ1v) is 8.46. The molecule has 1 saturated heterocycles. The molecular weight excluding hydrogens is 330 g/mol. The summed E-state index contributed by atoms with van der Waals surface area (Å²) in [6, 6.07) is 0. The van der Waals surface area contributed by atoms with Gasteiger partial charge in [0.25, 0.3) is 5.96 Å². The van der Waals surface area contributed by atoms with E-state index in [9.17, 15) is 13.2 Å². The van der Waals surface area contributed by atoms with Crippen molar-refractivity contribution >= 4 is 28.3 Å². The summed E-state index contributed by atoms with van der Waals surface area (Å²) < 4.78 is 39.8. The molecule has 23 heavy (non-hydrogen) atoms. The summed E-state index contributed by atoms with van der Waals surface area (Å²) in [5.41, 5.74) is 5.87. The molecule has 2 rings (SSSR count). The van der Waals surface area contributed by atoms with Crippen LogP contribution in [-0.2, 0) is 19.4 Å². The molecule has 130 valence electrons. The molecule has 0 bridgehead atoms. The van der Waals surface area contributed by atoms with Gasteiger partial charge in [-0.1, -0.05) is 0 Å². The van der Waals surface area contributed by atoms with Gasteiger partial charge in [-0.05, 0) is 19.8 Å². The van der Waals surface area contributed by atoms with E-state index < -0.39 is 22.7 Å². The lowest BCUT2D eigenvalue weighted by molar-refractivity contribution is -0.0264. The van der Waals surface area contributed by atoms with Gasteiger partial charge in [-0.3, -0.25) is 4.55 Å². The van der Waals surface area contributed by atoms with Crippen molar-refractivity contribution in [3.63, 3.8) is 0 Å². The quantitative estimate of drug-likeness (QED) is 0.656. The number of nitrogens with zero attached hydrogens (tertiary/aromatic N) is 4. The fourth-order valence-corrected chi connectivity index (χ4v) is 2.69. The van der Waals surface area contributed by atoms with Crippen LogP contribution in [0.1, 0.15) is 26.2 Å². The van der Waals surface area contributed by atoms with Crippen molar-refractivity contribution < 1.29 is 26.8 Å². The van der Waals surface area contributed by atoms with Crippen LogP contribution in [0.3, 0.4) is 0 Å². The van der Waals surface area contributed by atoms with E-state index >= 15 is 0 Å². The first kappa shape index (κ1) is 17.6. The summed E-state index contributed by atoms with van der Waals surface area (Å²) in [5.74, 6) is 0.190. The third-order valence-corrected chi connectivity index (χ3v) is 3.57. The Balaban J connectivity index is 2.32. The largest absolute Gasteiger partial charge is 0.448 e. The predicted molar refractivity (Wildman–Crippen MR) is 79.8 cm³/mol. The number of rotatable bonds is 3. The van der Waals surface area contributed by atoms with E-state index in [0.29, 0.717) is 10.9 Å². The Labute approximate surface area is 133 Å². The second-order valence-corrected chi connectivity index (χ2v) is 5.94. The number of amides is 1. The number of amidine groups is 1. The molecule has 1 atom stereocenters. The molecule has 2 aliphatic heterocycles. The Morgan fingerprint density at radius 2 is 2.13 bits per heavy atom. The maximum Gasteiger partial charge on any atom is 0.436 e. The topological polar surface area (TPSA) is 147 Å². The van der Waals surface area contributed by atoms with Gasteiger partial charge in [-0.15, -0.1) is 9.28 Å². The molecule has 1 unspecified atom stereocenters. The van der Waals surface area contributed by atoms with E-state index in [1.54, 1.807) is 6.92 Å². The zero-order valence-electron chi connectivity index (χ0n) is 12.6. The average Bonchev–Trinajstić information content (AvgIpc) is 2.95. The Morgan fingerprint density at radius 1 is 1.48 bits per heavy atom. The maximum atomic E-state index is 11.5. The van der Waals surface area contributed by atoms with Crippen molar-refractivity contribution in [1.29, 1.82) is 0 Å². The molecular formula is C11H19N5O6S. The van der Waals surface area contributed by atoms with Crippen LogP contribution in [0, 0.1) is 0 Å². The minimum atomic E-state index is -4.84. The molecule has 1 fully saturated rings. The van der Waals surface area contributed by atoms with Gasteiger partial charge in [-0.25, -0.2) is 4.79 Å². The van der Waals surface area contributed by atoms with Gasteiger partial charge < -0.3 is 15.4 Å². The van der Waals surface area contributed by atoms with Gasteiger partial charge in [0, 0.05) is 19.5 Å². The van der Waals surface area contributed by atoms with Gasteiger partial charge in [0.2, 0.25) is 0 Å². The summed E-state index contributed by atoms with van der Waals surface area (Å²) in [7, 11) is -4.84. The smallest absolute Gasteiger partial charge is 0.436 e. The summed E-state index contributed by atoms with van der Waals surface area (Å²) in [5, 5.41) is 0.575. The van der Waals surface area contributed by atoms with Crippen LogP contribution in [0.2, 0.25) is 0 Å². The van der Waals surface area contributed by atoms with Crippen molar-refractivity contribution in [2.24, 2.45) is 15.7 Å². The normalized spacial score (nSPS) is 24.0. The fraction of sp³-hybridized carbons (Fsp3) is 0.727. The lowest BCUT2D eigenvalue weighted by Crippen LogP contribution is -2.53. The first-order valence-electron chi connectivity index (χ1n) is 7.10. The van der Waals surface area contributed by atoms with Gasteiger partial charge in [0.1, 0.15) is 12.0 Å². The molecule has 12 heteroatoms. The molecule has 1 amide bonds. The van der Waals surface area contributed by atoms with Crippen LogP contribution < -0.4 is 5.73 Å². The predicted octanol–water partition coefficient (Wildman–Crippen LogP) is -0.282. The zero-order chi connectivity index (χ0) is 17.0. The van der Waals surface area contributed by atoms with Crippen LogP contribution in [0.5, 0.6) is 0 Å². The number of ether oxygens (including phenoxy) is 1. The SMILES string of the molecule is CCOC(=O)N=C1N=C(N2CCCC2)CC(N)N1OS(=O)(=O)O. The highest BCUT2D eigenvalue weighted by Gasteiger charge is 2.34. The fourth-order valence-electron chi connectivity index (χ4n) is 2.31. The number of hydroxylamine groups is 2. The van der Waals surface area contributed by atoms with Crippen LogP contribution >= 0.6 is 0 Å². The number of nitrogens with two attached hydrogens (primary N) is 1. The standard InChI is InChI=1S/C11H19N5O6S/c1-2-21-11(17)14-10-13-9(15-5-3-4-6-15)7-8(12)16(10)22-23(18,19)20/h8H,2-7,12H2,1H3,(H,18,19,20). The molecule has 2 heterocycles. The third kappa shape index (κ3) is 4.86. The van der Waals surface area contributed by atoms with Crippen molar-refractivity contribution in [2.45, 2.75) is 32.4 Å². The number of aliphatic imine (C=N–C) groups is 2. The monoisotopic (exact) mass is 349 g/mol. The van der Waals surface area contributed by atoms with Crippen LogP contribution in [0.15, 0.2) is 9.98 Å². The minimum Gasteiger partial charge on any atom is -0.448 e. The molecule has 0 saturated carbocycles. The van der Waals surface area contributed by atoms with Gasteiger partial charge >= 0.3 is 16.5 Å². The Morgan fingerprint density at radius 3 is 2.70 bits per heavy atom. The van der Waals surface area contributed by atoms with Crippen LogP contribution in [0.25, 0.3) is 0 Å². The van der Waals surface area contributed by atoms with Crippen molar-refractivity contribution in [1.82, 2.24) is 9.96 Å². The second-order valence-electron chi connectivity index (χ2n) is 4.93. The van der Waals surface area contributed by atoms with Crippen molar-refractivity contribution in [3.05, 3.63) is 0 Å². The van der Waals surface area contributed by atoms with Crippen LogP contribution in [-0.4, -0.2) is 66.7 Å². The highest BCUT2D eigenvalue weighted by molar-refractivity contribution is 7.80. The molecule has 0 radical (unpaired) electrons. The van der Waals surface area contributed by atoms with E-state index in [0.717, 1.165) is 25.9 Å². The summed E-state index contributed by atoms with van der Waals surface area (Å²) in [4.78, 5) is 21.2. The van der Waals surface area contributed by atoms with Gasteiger partial charge in [0.15, 0.2) is 0 Å². The number of hydrogen-bond acceptors (Lipinski definition) is 7. The van der Waals surface area contributed by atoms with E-state index in [2.05, 4.69) is 19.0 Å². The highest BCUT2D eigenvalue weighted by atomic mass is 32.3. The van der Waals surface area contributed by atoms with Gasteiger partial charge in [-0.2, -0.15) is 18.5 Å². The van der Waals surface area contributed by atoms with Crippen molar-refractivity contribution in [2.75, 3.05) is 19.7 Å². The first-order chi connectivity index (χ1) is 10.8. The van der Waals surface area contributed by atoms with E-state index in [4.69, 9.17) is 10.3 Å². The minimum absolute atomic E-state index is 0.0868.